The zero-order valence-electron chi connectivity index (χ0n) is 35.6. The van der Waals surface area contributed by atoms with Gasteiger partial charge in [0, 0.05) is 34.5 Å². The Balaban J connectivity index is 1.00. The molecule has 4 saturated carbocycles. The summed E-state index contributed by atoms with van der Waals surface area (Å²) in [4.78, 5) is 19.7. The van der Waals surface area contributed by atoms with Crippen molar-refractivity contribution in [2.45, 2.75) is 37.5 Å². The Kier molecular flexibility index (Phi) is 8.69. The summed E-state index contributed by atoms with van der Waals surface area (Å²) < 4.78 is 0. The number of aromatic nitrogens is 4. The van der Waals surface area contributed by atoms with Gasteiger partial charge in [0.05, 0.1) is 0 Å². The maximum absolute atomic E-state index is 5.23. The summed E-state index contributed by atoms with van der Waals surface area (Å²) in [5.41, 5.74) is 18.4. The molecule has 14 rings (SSSR count). The van der Waals surface area contributed by atoms with Crippen molar-refractivity contribution in [2.24, 2.45) is 23.7 Å². The standard InChI is InChI=1S/C60H46N4/c1-4-10-40(11-5-1)46-21-23-55-54(36-46)53-22-20-47(37-56(53)60(55)51-29-38-28-39(31-51)32-52(60)30-38)49-33-48(42-18-16-41(17-19-42)43-24-26-61-27-25-43)34-50(35-49)59-63-57(44-12-6-2-7-13-44)62-58(64-59)45-14-8-3-9-15-45/h1-27,33-39,51-52H,28-32H2. The van der Waals surface area contributed by atoms with Gasteiger partial charge in [0.2, 0.25) is 0 Å². The predicted octanol–water partition coefficient (Wildman–Crippen LogP) is 14.7. The number of nitrogens with zero attached hydrogens (tertiary/aromatic N) is 4. The van der Waals surface area contributed by atoms with E-state index in [1.807, 2.05) is 48.8 Å². The van der Waals surface area contributed by atoms with Crippen LogP contribution in [-0.2, 0) is 5.41 Å². The smallest absolute Gasteiger partial charge is 0.164 e. The van der Waals surface area contributed by atoms with Crippen molar-refractivity contribution in [3.63, 3.8) is 0 Å². The molecule has 0 amide bonds. The van der Waals surface area contributed by atoms with Crippen LogP contribution in [0.2, 0.25) is 0 Å². The first-order valence-corrected chi connectivity index (χ1v) is 23.0. The number of pyridine rings is 1. The van der Waals surface area contributed by atoms with E-state index in [-0.39, 0.29) is 5.41 Å². The Morgan fingerprint density at radius 3 is 1.34 bits per heavy atom. The highest BCUT2D eigenvalue weighted by Gasteiger charge is 2.61. The minimum atomic E-state index is 0.0376. The predicted molar refractivity (Wildman–Crippen MR) is 259 cm³/mol. The number of fused-ring (bicyclic) bond motifs is 3. The third kappa shape index (κ3) is 6.11. The highest BCUT2D eigenvalue weighted by Crippen LogP contribution is 2.69. The lowest BCUT2D eigenvalue weighted by Gasteiger charge is -2.61. The van der Waals surface area contributed by atoms with Gasteiger partial charge in [-0.1, -0.05) is 140 Å². The number of hydrogen-bond donors (Lipinski definition) is 0. The lowest BCUT2D eigenvalue weighted by atomic mass is 9.43. The molecule has 306 valence electrons. The first-order chi connectivity index (χ1) is 31.6. The molecule has 5 aliphatic rings. The molecule has 4 bridgehead atoms. The van der Waals surface area contributed by atoms with E-state index in [1.165, 1.54) is 59.9 Å². The van der Waals surface area contributed by atoms with Crippen molar-refractivity contribution in [1.29, 1.82) is 0 Å². The Morgan fingerprint density at radius 1 is 0.312 bits per heavy atom. The van der Waals surface area contributed by atoms with Gasteiger partial charge in [0.25, 0.3) is 0 Å². The summed E-state index contributed by atoms with van der Waals surface area (Å²) in [6.45, 7) is 0. The molecular weight excluding hydrogens is 777 g/mol. The molecule has 9 aromatic rings. The monoisotopic (exact) mass is 822 g/mol. The molecule has 0 unspecified atom stereocenters. The third-order valence-electron chi connectivity index (χ3n) is 15.2. The largest absolute Gasteiger partial charge is 0.265 e. The summed E-state index contributed by atoms with van der Waals surface area (Å²) in [7, 11) is 0. The quantitative estimate of drug-likeness (QED) is 0.161. The molecular formula is C60H46N4. The molecule has 2 aromatic heterocycles. The minimum absolute atomic E-state index is 0.0376. The van der Waals surface area contributed by atoms with Crippen LogP contribution < -0.4 is 0 Å². The summed E-state index contributed by atoms with van der Waals surface area (Å²) in [5.74, 6) is 5.06. The minimum Gasteiger partial charge on any atom is -0.265 e. The zero-order valence-corrected chi connectivity index (χ0v) is 35.6. The van der Waals surface area contributed by atoms with Gasteiger partial charge in [0.1, 0.15) is 0 Å². The van der Waals surface area contributed by atoms with Crippen LogP contribution in [0.5, 0.6) is 0 Å². The second-order valence-electron chi connectivity index (χ2n) is 18.7. The van der Waals surface area contributed by atoms with E-state index in [2.05, 4.69) is 151 Å². The van der Waals surface area contributed by atoms with Crippen molar-refractivity contribution >= 4 is 0 Å². The van der Waals surface area contributed by atoms with Crippen LogP contribution in [0.1, 0.15) is 43.2 Å². The molecule has 7 aromatic carbocycles. The van der Waals surface area contributed by atoms with E-state index in [0.29, 0.717) is 29.3 Å². The van der Waals surface area contributed by atoms with Crippen LogP contribution >= 0.6 is 0 Å². The Morgan fingerprint density at radius 2 is 0.750 bits per heavy atom. The molecule has 64 heavy (non-hydrogen) atoms. The summed E-state index contributed by atoms with van der Waals surface area (Å²) in [6.07, 6.45) is 10.5. The molecule has 4 nitrogen and oxygen atoms in total. The topological polar surface area (TPSA) is 51.6 Å². The van der Waals surface area contributed by atoms with Gasteiger partial charge in [0.15, 0.2) is 17.5 Å². The SMILES string of the molecule is c1ccc(-c2ccc3c(c2)-c2ccc(-c4cc(-c5ccc(-c6ccncc6)cc5)cc(-c5nc(-c6ccccc6)nc(-c6ccccc6)n5)c4)cc2C32C3CC4CC(C3)CC2C4)cc1. The van der Waals surface area contributed by atoms with E-state index < -0.39 is 0 Å². The second-order valence-corrected chi connectivity index (χ2v) is 18.7. The highest BCUT2D eigenvalue weighted by atomic mass is 15.0. The Bertz CT molecular complexity index is 3110. The van der Waals surface area contributed by atoms with E-state index in [4.69, 9.17) is 15.0 Å². The van der Waals surface area contributed by atoms with Crippen molar-refractivity contribution in [3.8, 4) is 89.8 Å². The highest BCUT2D eigenvalue weighted by molar-refractivity contribution is 5.89. The van der Waals surface area contributed by atoms with Crippen LogP contribution in [-0.4, -0.2) is 19.9 Å². The van der Waals surface area contributed by atoms with Gasteiger partial charge in [-0.05, 0) is 165 Å². The van der Waals surface area contributed by atoms with Crippen molar-refractivity contribution in [3.05, 3.63) is 206 Å². The van der Waals surface area contributed by atoms with E-state index in [1.54, 1.807) is 11.1 Å². The summed E-state index contributed by atoms with van der Waals surface area (Å²) >= 11 is 0. The Labute approximate surface area is 374 Å². The molecule has 0 N–H and O–H groups in total. The van der Waals surface area contributed by atoms with Crippen LogP contribution in [0.15, 0.2) is 194 Å². The van der Waals surface area contributed by atoms with Gasteiger partial charge < -0.3 is 0 Å². The van der Waals surface area contributed by atoms with Crippen LogP contribution in [0.3, 0.4) is 0 Å². The normalized spacial score (nSPS) is 21.2. The molecule has 0 atom stereocenters. The molecule has 5 aliphatic carbocycles. The molecule has 2 heterocycles. The van der Waals surface area contributed by atoms with Crippen LogP contribution in [0, 0.1) is 23.7 Å². The average Bonchev–Trinajstić information content (AvgIpc) is 3.65. The first kappa shape index (κ1) is 37.3. The van der Waals surface area contributed by atoms with Crippen molar-refractivity contribution in [1.82, 2.24) is 19.9 Å². The van der Waals surface area contributed by atoms with Crippen LogP contribution in [0.4, 0.5) is 0 Å². The van der Waals surface area contributed by atoms with Crippen molar-refractivity contribution in [2.75, 3.05) is 0 Å². The molecule has 0 saturated heterocycles. The van der Waals surface area contributed by atoms with Crippen LogP contribution in [0.25, 0.3) is 89.8 Å². The van der Waals surface area contributed by atoms with Crippen molar-refractivity contribution < 1.29 is 0 Å². The summed E-state index contributed by atoms with van der Waals surface area (Å²) in [6, 6.07) is 66.3. The zero-order chi connectivity index (χ0) is 42.2. The van der Waals surface area contributed by atoms with Gasteiger partial charge in [-0.3, -0.25) is 4.98 Å². The fourth-order valence-electron chi connectivity index (χ4n) is 12.6. The third-order valence-corrected chi connectivity index (χ3v) is 15.2. The maximum Gasteiger partial charge on any atom is 0.164 e. The molecule has 0 aliphatic heterocycles. The maximum atomic E-state index is 5.23. The summed E-state index contributed by atoms with van der Waals surface area (Å²) in [5, 5.41) is 0. The average molecular weight is 823 g/mol. The van der Waals surface area contributed by atoms with Gasteiger partial charge >= 0.3 is 0 Å². The lowest BCUT2D eigenvalue weighted by Crippen LogP contribution is -2.55. The second kappa shape index (κ2) is 14.9. The Hall–Kier alpha value is -7.30. The first-order valence-electron chi connectivity index (χ1n) is 23.0. The number of benzene rings is 7. The van der Waals surface area contributed by atoms with Gasteiger partial charge in [-0.25, -0.2) is 15.0 Å². The lowest BCUT2D eigenvalue weighted by molar-refractivity contribution is -0.0399. The van der Waals surface area contributed by atoms with E-state index in [0.717, 1.165) is 56.3 Å². The fourth-order valence-corrected chi connectivity index (χ4v) is 12.6. The van der Waals surface area contributed by atoms with Gasteiger partial charge in [-0.2, -0.15) is 0 Å². The molecule has 4 fully saturated rings. The number of hydrogen-bond acceptors (Lipinski definition) is 4. The molecule has 4 heteroatoms. The van der Waals surface area contributed by atoms with E-state index in [9.17, 15) is 0 Å². The van der Waals surface area contributed by atoms with Gasteiger partial charge in [-0.15, -0.1) is 0 Å². The van der Waals surface area contributed by atoms with E-state index >= 15 is 0 Å². The molecule has 1 spiro atoms. The molecule has 0 radical (unpaired) electrons. The number of rotatable bonds is 7. The fraction of sp³-hybridized carbons (Fsp3) is 0.167.